The van der Waals surface area contributed by atoms with Crippen molar-refractivity contribution >= 4 is 0 Å². The lowest BCUT2D eigenvalue weighted by Gasteiger charge is -2.26. The van der Waals surface area contributed by atoms with Crippen LogP contribution >= 0.6 is 0 Å². The van der Waals surface area contributed by atoms with Crippen LogP contribution in [0.5, 0.6) is 0 Å². The lowest BCUT2D eigenvalue weighted by Crippen LogP contribution is -2.45. The Morgan fingerprint density at radius 2 is 1.64 bits per heavy atom. The van der Waals surface area contributed by atoms with Crippen LogP contribution in [0.2, 0.25) is 0 Å². The summed E-state index contributed by atoms with van der Waals surface area (Å²) in [5.41, 5.74) is 0. The number of hydrogen-bond donors (Lipinski definition) is 1. The molecule has 0 radical (unpaired) electrons. The van der Waals surface area contributed by atoms with Gasteiger partial charge >= 0.3 is 0 Å². The van der Waals surface area contributed by atoms with E-state index in [-0.39, 0.29) is 11.4 Å². The zero-order chi connectivity index (χ0) is 8.74. The topological polar surface area (TPSA) is 38.7 Å². The zero-order valence-corrected chi connectivity index (χ0v) is 7.54. The van der Waals surface area contributed by atoms with Gasteiger partial charge in [0.1, 0.15) is 20.3 Å². The van der Waals surface area contributed by atoms with Crippen LogP contribution in [-0.2, 0) is 9.68 Å². The number of hydroxylamine groups is 4. The third kappa shape index (κ3) is 4.31. The molecule has 0 spiro atoms. The number of likely N-dealkylation sites (N-methyl/N-ethyl adjacent to an activating group) is 1. The highest BCUT2D eigenvalue weighted by atomic mass is 17.0. The first-order valence-electron chi connectivity index (χ1n) is 3.94. The Kier molecular flexibility index (Phi) is 5.41. The number of aliphatic hydroxyl groups is 1. The molecule has 0 amide bonds. The highest BCUT2D eigenvalue weighted by molar-refractivity contribution is 4.16. The average molecular weight is 164 g/mol. The molecule has 0 saturated heterocycles. The Morgan fingerprint density at radius 3 is 1.91 bits per heavy atom. The molecule has 0 unspecified atom stereocenters. The maximum Gasteiger partial charge on any atom is 0.165 e. The molecular formula is C7H18NO3+. The Bertz CT molecular complexity index is 80.7. The summed E-state index contributed by atoms with van der Waals surface area (Å²) in [6.07, 6.45) is 0. The maximum atomic E-state index is 8.68. The molecule has 0 fully saturated rings. The second kappa shape index (κ2) is 5.49. The molecule has 0 aromatic carbocycles. The van der Waals surface area contributed by atoms with Crippen LogP contribution in [0.25, 0.3) is 0 Å². The summed E-state index contributed by atoms with van der Waals surface area (Å²) in [6, 6.07) is 0. The fourth-order valence-corrected chi connectivity index (χ4v) is 0.894. The average Bonchev–Trinajstić information content (AvgIpc) is 1.88. The molecule has 0 bridgehead atoms. The Hall–Kier alpha value is -0.160. The largest absolute Gasteiger partial charge is 0.390 e. The van der Waals surface area contributed by atoms with Gasteiger partial charge in [-0.15, -0.1) is 0 Å². The molecule has 0 saturated carbocycles. The van der Waals surface area contributed by atoms with Crippen molar-refractivity contribution in [3.05, 3.63) is 0 Å². The minimum Gasteiger partial charge on any atom is -0.390 e. The number of nitrogens with zero attached hydrogens (tertiary/aromatic N) is 1. The predicted octanol–water partition coefficient (Wildman–Crippen LogP) is 0.328. The molecule has 4 nitrogen and oxygen atoms in total. The van der Waals surface area contributed by atoms with Gasteiger partial charge in [-0.05, 0) is 18.7 Å². The Labute approximate surface area is 67.8 Å². The van der Waals surface area contributed by atoms with E-state index in [4.69, 9.17) is 14.8 Å². The molecule has 0 aromatic rings. The van der Waals surface area contributed by atoms with E-state index in [9.17, 15) is 0 Å². The van der Waals surface area contributed by atoms with Gasteiger partial charge < -0.3 is 5.11 Å². The lowest BCUT2D eigenvalue weighted by atomic mass is 10.7. The van der Waals surface area contributed by atoms with Gasteiger partial charge in [-0.25, -0.2) is 0 Å². The first-order chi connectivity index (χ1) is 5.18. The zero-order valence-electron chi connectivity index (χ0n) is 7.54. The first-order valence-corrected chi connectivity index (χ1v) is 3.94. The van der Waals surface area contributed by atoms with Gasteiger partial charge in [0.05, 0.1) is 6.61 Å². The molecule has 1 N–H and O–H groups in total. The number of aliphatic hydroxyl groups excluding tert-OH is 1. The van der Waals surface area contributed by atoms with E-state index in [1.165, 1.54) is 0 Å². The number of rotatable bonds is 6. The fourth-order valence-electron chi connectivity index (χ4n) is 0.894. The van der Waals surface area contributed by atoms with E-state index in [1.54, 1.807) is 7.05 Å². The van der Waals surface area contributed by atoms with Crippen molar-refractivity contribution in [3.8, 4) is 0 Å². The third-order valence-corrected chi connectivity index (χ3v) is 1.31. The van der Waals surface area contributed by atoms with Gasteiger partial charge in [-0.3, -0.25) is 0 Å². The van der Waals surface area contributed by atoms with E-state index in [2.05, 4.69) is 0 Å². The molecule has 0 aliphatic heterocycles. The molecule has 0 aliphatic rings. The molecule has 0 rings (SSSR count). The summed E-state index contributed by atoms with van der Waals surface area (Å²) in [6.45, 7) is 5.48. The van der Waals surface area contributed by atoms with Crippen LogP contribution in [0.1, 0.15) is 13.8 Å². The van der Waals surface area contributed by atoms with Crippen LogP contribution in [0.4, 0.5) is 0 Å². The van der Waals surface area contributed by atoms with Crippen molar-refractivity contribution in [2.45, 2.75) is 13.8 Å². The molecular weight excluding hydrogens is 146 g/mol. The molecule has 4 heteroatoms. The quantitative estimate of drug-likeness (QED) is 0.454. The Balaban J connectivity index is 3.79. The second-order valence-corrected chi connectivity index (χ2v) is 2.30. The molecule has 68 valence electrons. The summed E-state index contributed by atoms with van der Waals surface area (Å²) < 4.78 is 0. The van der Waals surface area contributed by atoms with E-state index in [0.717, 1.165) is 0 Å². The smallest absolute Gasteiger partial charge is 0.165 e. The van der Waals surface area contributed by atoms with Gasteiger partial charge in [-0.2, -0.15) is 9.68 Å². The van der Waals surface area contributed by atoms with Crippen molar-refractivity contribution in [2.75, 3.05) is 33.4 Å². The van der Waals surface area contributed by atoms with Crippen LogP contribution in [0, 0.1) is 0 Å². The Morgan fingerprint density at radius 1 is 1.18 bits per heavy atom. The molecule has 0 aromatic heterocycles. The highest BCUT2D eigenvalue weighted by Gasteiger charge is 2.23. The minimum atomic E-state index is 0.0312. The molecule has 0 atom stereocenters. The van der Waals surface area contributed by atoms with Crippen molar-refractivity contribution in [3.63, 3.8) is 0 Å². The first kappa shape index (κ1) is 10.8. The summed E-state index contributed by atoms with van der Waals surface area (Å²) >= 11 is 0. The number of hydrogen-bond acceptors (Lipinski definition) is 3. The summed E-state index contributed by atoms with van der Waals surface area (Å²) in [7, 11) is 1.78. The van der Waals surface area contributed by atoms with Crippen LogP contribution in [-0.4, -0.2) is 43.3 Å². The monoisotopic (exact) mass is 164 g/mol. The van der Waals surface area contributed by atoms with Crippen molar-refractivity contribution in [1.82, 2.24) is 0 Å². The summed E-state index contributed by atoms with van der Waals surface area (Å²) in [5.74, 6) is 0. The summed E-state index contributed by atoms with van der Waals surface area (Å²) in [5, 5.41) is 8.68. The predicted molar refractivity (Wildman–Crippen MR) is 41.4 cm³/mol. The van der Waals surface area contributed by atoms with Gasteiger partial charge in [0, 0.05) is 0 Å². The van der Waals surface area contributed by atoms with Crippen LogP contribution in [0.3, 0.4) is 0 Å². The van der Waals surface area contributed by atoms with Gasteiger partial charge in [0.2, 0.25) is 0 Å². The minimum absolute atomic E-state index is 0.0312. The van der Waals surface area contributed by atoms with E-state index < -0.39 is 0 Å². The fraction of sp³-hybridized carbons (Fsp3) is 1.00. The normalized spacial score (nSPS) is 12.0. The van der Waals surface area contributed by atoms with Gasteiger partial charge in [0.25, 0.3) is 0 Å². The standard InChI is InChI=1S/C7H18NO3/c1-4-10-8(3,6-7-9)11-5-2/h9H,4-7H2,1-3H3/q+1. The van der Waals surface area contributed by atoms with E-state index in [0.29, 0.717) is 19.8 Å². The van der Waals surface area contributed by atoms with Crippen LogP contribution in [0.15, 0.2) is 0 Å². The summed E-state index contributed by atoms with van der Waals surface area (Å²) in [4.78, 5) is 10.6. The third-order valence-electron chi connectivity index (χ3n) is 1.31. The lowest BCUT2D eigenvalue weighted by molar-refractivity contribution is -1.23. The van der Waals surface area contributed by atoms with Crippen molar-refractivity contribution < 1.29 is 19.6 Å². The van der Waals surface area contributed by atoms with Crippen molar-refractivity contribution in [1.29, 1.82) is 0 Å². The maximum absolute atomic E-state index is 8.68. The molecule has 11 heavy (non-hydrogen) atoms. The van der Waals surface area contributed by atoms with Gasteiger partial charge in [-0.1, -0.05) is 0 Å². The van der Waals surface area contributed by atoms with Crippen molar-refractivity contribution in [2.24, 2.45) is 0 Å². The highest BCUT2D eigenvalue weighted by Crippen LogP contribution is 2.03. The molecule has 0 heterocycles. The van der Waals surface area contributed by atoms with Crippen LogP contribution < -0.4 is 0 Å². The number of quaternary nitrogens is 1. The SMILES string of the molecule is CCO[N+](C)(CCO)OCC. The molecule has 0 aliphatic carbocycles. The second-order valence-electron chi connectivity index (χ2n) is 2.30. The van der Waals surface area contributed by atoms with E-state index in [1.807, 2.05) is 13.8 Å². The van der Waals surface area contributed by atoms with Gasteiger partial charge in [0.15, 0.2) is 6.54 Å². The van der Waals surface area contributed by atoms with E-state index >= 15 is 0 Å².